The van der Waals surface area contributed by atoms with Crippen molar-refractivity contribution >= 4 is 16.7 Å². The average Bonchev–Trinajstić information content (AvgIpc) is 2.88. The standard InChI is InChI=1S/C15H9NO/c17-15-11-6-2-4-8-13(11)16-12-7-3-1-5-10(12)9-14(15)16/h1-9H. The first-order chi connectivity index (χ1) is 8.36. The van der Waals surface area contributed by atoms with E-state index in [1.54, 1.807) is 0 Å². The monoisotopic (exact) mass is 219 g/mol. The molecule has 0 aliphatic carbocycles. The zero-order chi connectivity index (χ0) is 11.4. The van der Waals surface area contributed by atoms with Gasteiger partial charge >= 0.3 is 0 Å². The topological polar surface area (TPSA) is 22.0 Å². The van der Waals surface area contributed by atoms with Crippen LogP contribution in [0.15, 0.2) is 54.6 Å². The molecule has 0 radical (unpaired) electrons. The molecule has 0 N–H and O–H groups in total. The molecule has 0 bridgehead atoms. The van der Waals surface area contributed by atoms with Crippen LogP contribution >= 0.6 is 0 Å². The highest BCUT2D eigenvalue weighted by atomic mass is 16.1. The number of hydrogen-bond acceptors (Lipinski definition) is 1. The third-order valence-corrected chi connectivity index (χ3v) is 3.33. The van der Waals surface area contributed by atoms with Crippen molar-refractivity contribution in [2.45, 2.75) is 0 Å². The van der Waals surface area contributed by atoms with E-state index < -0.39 is 0 Å². The average molecular weight is 219 g/mol. The second kappa shape index (κ2) is 2.86. The number of hydrogen-bond donors (Lipinski definition) is 0. The van der Waals surface area contributed by atoms with E-state index in [9.17, 15) is 4.79 Å². The van der Waals surface area contributed by atoms with Gasteiger partial charge in [0, 0.05) is 10.9 Å². The molecule has 0 atom stereocenters. The molecule has 2 heteroatoms. The number of aromatic nitrogens is 1. The van der Waals surface area contributed by atoms with Crippen LogP contribution in [0, 0.1) is 0 Å². The van der Waals surface area contributed by atoms with Crippen molar-refractivity contribution in [3.05, 3.63) is 65.9 Å². The van der Waals surface area contributed by atoms with Gasteiger partial charge in [-0.05, 0) is 24.3 Å². The van der Waals surface area contributed by atoms with Crippen LogP contribution in [0.25, 0.3) is 16.6 Å². The Balaban J connectivity index is 2.22. The number of nitrogens with zero attached hydrogens (tertiary/aromatic N) is 1. The molecule has 2 heterocycles. The molecule has 17 heavy (non-hydrogen) atoms. The Kier molecular flexibility index (Phi) is 1.47. The zero-order valence-corrected chi connectivity index (χ0v) is 9.05. The first kappa shape index (κ1) is 8.76. The molecule has 0 saturated carbocycles. The summed E-state index contributed by atoms with van der Waals surface area (Å²) in [4.78, 5) is 12.2. The minimum absolute atomic E-state index is 0.122. The van der Waals surface area contributed by atoms with E-state index in [1.807, 2.05) is 59.2 Å². The van der Waals surface area contributed by atoms with E-state index in [-0.39, 0.29) is 5.78 Å². The van der Waals surface area contributed by atoms with Gasteiger partial charge in [0.15, 0.2) is 0 Å². The molecule has 1 aliphatic rings. The molecule has 0 fully saturated rings. The second-order valence-corrected chi connectivity index (χ2v) is 4.27. The Hall–Kier alpha value is -2.35. The van der Waals surface area contributed by atoms with Crippen LogP contribution in [-0.2, 0) is 0 Å². The van der Waals surface area contributed by atoms with Gasteiger partial charge in [-0.15, -0.1) is 0 Å². The van der Waals surface area contributed by atoms with Crippen molar-refractivity contribution in [1.29, 1.82) is 0 Å². The Labute approximate surface area is 98.1 Å². The third kappa shape index (κ3) is 0.972. The second-order valence-electron chi connectivity index (χ2n) is 4.27. The fourth-order valence-electron chi connectivity index (χ4n) is 2.58. The number of para-hydroxylation sites is 2. The maximum absolute atomic E-state index is 12.2. The number of ketones is 1. The van der Waals surface area contributed by atoms with Crippen LogP contribution < -0.4 is 0 Å². The first-order valence-electron chi connectivity index (χ1n) is 5.61. The summed E-state index contributed by atoms with van der Waals surface area (Å²) in [5.74, 6) is 0.122. The molecule has 80 valence electrons. The lowest BCUT2D eigenvalue weighted by molar-refractivity contribution is 0.104. The number of fused-ring (bicyclic) bond motifs is 5. The number of benzene rings is 2. The zero-order valence-electron chi connectivity index (χ0n) is 9.05. The Bertz CT molecular complexity index is 767. The minimum Gasteiger partial charge on any atom is -0.305 e. The van der Waals surface area contributed by atoms with E-state index in [2.05, 4.69) is 0 Å². The number of rotatable bonds is 0. The highest BCUT2D eigenvalue weighted by Gasteiger charge is 2.27. The Morgan fingerprint density at radius 1 is 0.882 bits per heavy atom. The molecule has 0 amide bonds. The molecule has 0 unspecified atom stereocenters. The Morgan fingerprint density at radius 3 is 2.59 bits per heavy atom. The van der Waals surface area contributed by atoms with Crippen molar-refractivity contribution < 1.29 is 4.79 Å². The van der Waals surface area contributed by atoms with E-state index >= 15 is 0 Å². The molecule has 4 rings (SSSR count). The van der Waals surface area contributed by atoms with Crippen LogP contribution in [0.3, 0.4) is 0 Å². The van der Waals surface area contributed by atoms with Crippen molar-refractivity contribution in [2.75, 3.05) is 0 Å². The lowest BCUT2D eigenvalue weighted by Crippen LogP contribution is -1.94. The van der Waals surface area contributed by atoms with Gasteiger partial charge in [0.1, 0.15) is 0 Å². The van der Waals surface area contributed by atoms with Crippen molar-refractivity contribution in [3.8, 4) is 5.69 Å². The summed E-state index contributed by atoms with van der Waals surface area (Å²) in [5.41, 5.74) is 3.66. The lowest BCUT2D eigenvalue weighted by atomic mass is 10.1. The van der Waals surface area contributed by atoms with Crippen LogP contribution in [0.4, 0.5) is 0 Å². The molecule has 1 aromatic heterocycles. The molecular formula is C15H9NO. The fraction of sp³-hybridized carbons (Fsp3) is 0. The molecule has 3 aromatic rings. The van der Waals surface area contributed by atoms with E-state index in [0.717, 1.165) is 27.8 Å². The van der Waals surface area contributed by atoms with Gasteiger partial charge in [-0.3, -0.25) is 4.79 Å². The van der Waals surface area contributed by atoms with Gasteiger partial charge in [-0.1, -0.05) is 30.3 Å². The van der Waals surface area contributed by atoms with Crippen molar-refractivity contribution in [3.63, 3.8) is 0 Å². The summed E-state index contributed by atoms with van der Waals surface area (Å²) in [6, 6.07) is 17.8. The van der Waals surface area contributed by atoms with Crippen LogP contribution in [0.2, 0.25) is 0 Å². The summed E-state index contributed by atoms with van der Waals surface area (Å²) >= 11 is 0. The Morgan fingerprint density at radius 2 is 1.65 bits per heavy atom. The summed E-state index contributed by atoms with van der Waals surface area (Å²) in [7, 11) is 0. The maximum Gasteiger partial charge on any atom is 0.211 e. The third-order valence-electron chi connectivity index (χ3n) is 3.33. The predicted molar refractivity (Wildman–Crippen MR) is 66.7 cm³/mol. The van der Waals surface area contributed by atoms with Crippen LogP contribution in [0.1, 0.15) is 16.1 Å². The predicted octanol–water partition coefficient (Wildman–Crippen LogP) is 3.17. The largest absolute Gasteiger partial charge is 0.305 e. The molecule has 0 spiro atoms. The maximum atomic E-state index is 12.2. The van der Waals surface area contributed by atoms with Gasteiger partial charge in [0.2, 0.25) is 5.78 Å². The summed E-state index contributed by atoms with van der Waals surface area (Å²) in [5, 5.41) is 1.12. The number of carbonyl (C=O) groups excluding carboxylic acids is 1. The summed E-state index contributed by atoms with van der Waals surface area (Å²) in [6.07, 6.45) is 0. The molecule has 1 aliphatic heterocycles. The molecule has 2 aromatic carbocycles. The van der Waals surface area contributed by atoms with Gasteiger partial charge < -0.3 is 4.57 Å². The molecule has 0 saturated heterocycles. The fourth-order valence-corrected chi connectivity index (χ4v) is 2.58. The summed E-state index contributed by atoms with van der Waals surface area (Å²) < 4.78 is 2.05. The van der Waals surface area contributed by atoms with Crippen molar-refractivity contribution in [1.82, 2.24) is 4.57 Å². The first-order valence-corrected chi connectivity index (χ1v) is 5.61. The SMILES string of the molecule is O=C1c2ccccc2-n2c1cc1ccccc12. The minimum atomic E-state index is 0.122. The smallest absolute Gasteiger partial charge is 0.211 e. The van der Waals surface area contributed by atoms with Crippen LogP contribution in [-0.4, -0.2) is 10.4 Å². The lowest BCUT2D eigenvalue weighted by Gasteiger charge is -2.02. The quantitative estimate of drug-likeness (QED) is 0.445. The highest BCUT2D eigenvalue weighted by molar-refractivity contribution is 6.16. The van der Waals surface area contributed by atoms with Gasteiger partial charge in [0.05, 0.1) is 16.9 Å². The van der Waals surface area contributed by atoms with Gasteiger partial charge in [0.25, 0.3) is 0 Å². The molecular weight excluding hydrogens is 210 g/mol. The summed E-state index contributed by atoms with van der Waals surface area (Å²) in [6.45, 7) is 0. The van der Waals surface area contributed by atoms with Crippen molar-refractivity contribution in [2.24, 2.45) is 0 Å². The van der Waals surface area contributed by atoms with E-state index in [4.69, 9.17) is 0 Å². The van der Waals surface area contributed by atoms with E-state index in [1.165, 1.54) is 0 Å². The molecule has 2 nitrogen and oxygen atoms in total. The van der Waals surface area contributed by atoms with E-state index in [0.29, 0.717) is 0 Å². The van der Waals surface area contributed by atoms with Gasteiger partial charge in [-0.2, -0.15) is 0 Å². The highest BCUT2D eigenvalue weighted by Crippen LogP contribution is 2.33. The van der Waals surface area contributed by atoms with Gasteiger partial charge in [-0.25, -0.2) is 0 Å². The normalized spacial score (nSPS) is 12.8. The van der Waals surface area contributed by atoms with Crippen LogP contribution in [0.5, 0.6) is 0 Å². The number of carbonyl (C=O) groups is 1.